The van der Waals surface area contributed by atoms with E-state index in [0.29, 0.717) is 12.0 Å². The smallest absolute Gasteiger partial charge is 0.416 e. The molecule has 6 heteroatoms. The van der Waals surface area contributed by atoms with E-state index >= 15 is 0 Å². The lowest BCUT2D eigenvalue weighted by Gasteiger charge is -2.44. The van der Waals surface area contributed by atoms with Gasteiger partial charge in [-0.25, -0.2) is 4.79 Å². The number of hydrogen-bond acceptors (Lipinski definition) is 2. The Morgan fingerprint density at radius 3 is 2.60 bits per heavy atom. The highest BCUT2D eigenvalue weighted by Gasteiger charge is 2.39. The molecule has 2 aromatic rings. The molecule has 1 amide bonds. The highest BCUT2D eigenvalue weighted by molar-refractivity contribution is 5.75. The number of ether oxygens (including phenoxy) is 1. The van der Waals surface area contributed by atoms with E-state index in [1.54, 1.807) is 4.90 Å². The Morgan fingerprint density at radius 2 is 1.90 bits per heavy atom. The van der Waals surface area contributed by atoms with Gasteiger partial charge in [0.05, 0.1) is 11.6 Å². The number of amides is 1. The topological polar surface area (TPSA) is 29.5 Å². The minimum atomic E-state index is -4.37. The number of hydrogen-bond donors (Lipinski definition) is 0. The van der Waals surface area contributed by atoms with Gasteiger partial charge in [0.2, 0.25) is 0 Å². The van der Waals surface area contributed by atoms with Crippen LogP contribution in [0.3, 0.4) is 0 Å². The Kier molecular flexibility index (Phi) is 5.58. The monoisotopic (exact) mass is 415 g/mol. The lowest BCUT2D eigenvalue weighted by Crippen LogP contribution is -2.51. The second-order valence-electron chi connectivity index (χ2n) is 8.02. The van der Waals surface area contributed by atoms with Crippen LogP contribution in [0.5, 0.6) is 0 Å². The number of alkyl halides is 3. The number of halogens is 3. The van der Waals surface area contributed by atoms with E-state index < -0.39 is 11.7 Å². The highest BCUT2D eigenvalue weighted by atomic mass is 19.4. The Labute approximate surface area is 174 Å². The Morgan fingerprint density at radius 1 is 1.13 bits per heavy atom. The van der Waals surface area contributed by atoms with Gasteiger partial charge < -0.3 is 4.74 Å². The number of nitrogens with zero attached hydrogens (tertiary/aromatic N) is 1. The second kappa shape index (κ2) is 8.17. The molecule has 0 N–H and O–H groups in total. The first-order chi connectivity index (χ1) is 14.3. The zero-order valence-corrected chi connectivity index (χ0v) is 16.8. The predicted molar refractivity (Wildman–Crippen MR) is 109 cm³/mol. The quantitative estimate of drug-likeness (QED) is 0.584. The summed E-state index contributed by atoms with van der Waals surface area (Å²) in [7, 11) is 0. The van der Waals surface area contributed by atoms with Gasteiger partial charge in [-0.3, -0.25) is 4.90 Å². The van der Waals surface area contributed by atoms with Crippen LogP contribution in [0.25, 0.3) is 5.57 Å². The van der Waals surface area contributed by atoms with Crippen molar-refractivity contribution >= 4 is 11.7 Å². The van der Waals surface area contributed by atoms with E-state index in [2.05, 4.69) is 0 Å². The molecule has 0 radical (unpaired) electrons. The number of aryl methyl sites for hydroxylation is 1. The first-order valence-corrected chi connectivity index (χ1v) is 10.2. The summed E-state index contributed by atoms with van der Waals surface area (Å²) in [5.41, 5.74) is 2.61. The van der Waals surface area contributed by atoms with Crippen LogP contribution in [0.1, 0.15) is 47.9 Å². The minimum absolute atomic E-state index is 0.0547. The summed E-state index contributed by atoms with van der Waals surface area (Å²) in [6.07, 6.45) is 0.375. The summed E-state index contributed by atoms with van der Waals surface area (Å²) in [6.45, 7) is 2.03. The Balaban J connectivity index is 1.56. The van der Waals surface area contributed by atoms with Crippen LogP contribution in [0, 0.1) is 6.92 Å². The van der Waals surface area contributed by atoms with Crippen molar-refractivity contribution in [1.29, 1.82) is 0 Å². The van der Waals surface area contributed by atoms with Gasteiger partial charge in [-0.2, -0.15) is 13.2 Å². The first kappa shape index (κ1) is 20.5. The van der Waals surface area contributed by atoms with Gasteiger partial charge >= 0.3 is 12.3 Å². The Bertz CT molecular complexity index is 953. The summed E-state index contributed by atoms with van der Waals surface area (Å²) >= 11 is 0. The van der Waals surface area contributed by atoms with Crippen molar-refractivity contribution in [3.8, 4) is 0 Å². The molecule has 2 unspecified atom stereocenters. The van der Waals surface area contributed by atoms with Gasteiger partial charge in [0.15, 0.2) is 0 Å². The highest BCUT2D eigenvalue weighted by Crippen LogP contribution is 2.40. The first-order valence-electron chi connectivity index (χ1n) is 10.2. The fraction of sp³-hybridized carbons (Fsp3) is 0.375. The molecule has 0 saturated carbocycles. The average molecular weight is 415 g/mol. The van der Waals surface area contributed by atoms with E-state index in [4.69, 9.17) is 4.74 Å². The summed E-state index contributed by atoms with van der Waals surface area (Å²) in [5, 5.41) is 0. The van der Waals surface area contributed by atoms with E-state index in [-0.39, 0.29) is 24.8 Å². The van der Waals surface area contributed by atoms with Crippen LogP contribution in [0.15, 0.2) is 54.6 Å². The SMILES string of the molecule is Cc1ccc(C(F)(F)F)cc1C1=CC2CCCC(C1)N2C(=O)OCc1ccccc1. The van der Waals surface area contributed by atoms with Crippen LogP contribution < -0.4 is 0 Å². The maximum Gasteiger partial charge on any atom is 0.416 e. The normalized spacial score (nSPS) is 21.2. The predicted octanol–water partition coefficient (Wildman–Crippen LogP) is 6.36. The van der Waals surface area contributed by atoms with Gasteiger partial charge in [0.1, 0.15) is 6.61 Å². The van der Waals surface area contributed by atoms with Gasteiger partial charge in [0.25, 0.3) is 0 Å². The van der Waals surface area contributed by atoms with Gasteiger partial charge in [0, 0.05) is 6.04 Å². The molecule has 2 aromatic carbocycles. The average Bonchev–Trinajstić information content (AvgIpc) is 2.71. The molecular formula is C24H24F3NO2. The second-order valence-corrected chi connectivity index (χ2v) is 8.02. The molecule has 30 heavy (non-hydrogen) atoms. The lowest BCUT2D eigenvalue weighted by molar-refractivity contribution is -0.137. The van der Waals surface area contributed by atoms with Crippen molar-refractivity contribution < 1.29 is 22.7 Å². The zero-order chi connectivity index (χ0) is 21.3. The molecule has 2 aliphatic heterocycles. The number of carbonyl (C=O) groups is 1. The standard InChI is InChI=1S/C24H24F3NO2/c1-16-10-11-19(24(25,26)27)14-22(16)18-12-20-8-5-9-21(13-18)28(20)23(29)30-15-17-6-3-2-4-7-17/h2-4,6-7,10-12,14,20-21H,5,8-9,13,15H2,1H3. The molecule has 4 rings (SSSR count). The van der Waals surface area contributed by atoms with Crippen LogP contribution >= 0.6 is 0 Å². The maximum absolute atomic E-state index is 13.2. The van der Waals surface area contributed by atoms with Crippen molar-refractivity contribution in [2.45, 2.75) is 57.5 Å². The maximum atomic E-state index is 13.2. The van der Waals surface area contributed by atoms with Crippen molar-refractivity contribution in [1.82, 2.24) is 4.90 Å². The molecule has 0 spiro atoms. The fourth-order valence-corrected chi connectivity index (χ4v) is 4.45. The minimum Gasteiger partial charge on any atom is -0.445 e. The van der Waals surface area contributed by atoms with Crippen LogP contribution in [-0.4, -0.2) is 23.1 Å². The third kappa shape index (κ3) is 4.23. The van der Waals surface area contributed by atoms with Crippen LogP contribution in [0.4, 0.5) is 18.0 Å². The van der Waals surface area contributed by atoms with Crippen molar-refractivity contribution in [3.63, 3.8) is 0 Å². The van der Waals surface area contributed by atoms with Crippen LogP contribution in [0.2, 0.25) is 0 Å². The number of fused-ring (bicyclic) bond motifs is 2. The zero-order valence-electron chi connectivity index (χ0n) is 16.8. The molecule has 2 heterocycles. The number of rotatable bonds is 3. The number of piperidine rings is 1. The molecular weight excluding hydrogens is 391 g/mol. The lowest BCUT2D eigenvalue weighted by atomic mass is 9.82. The fourth-order valence-electron chi connectivity index (χ4n) is 4.45. The largest absolute Gasteiger partial charge is 0.445 e. The third-order valence-electron chi connectivity index (χ3n) is 5.96. The van der Waals surface area contributed by atoms with Crippen molar-refractivity contribution in [3.05, 3.63) is 76.9 Å². The molecule has 158 valence electrons. The third-order valence-corrected chi connectivity index (χ3v) is 5.96. The molecule has 0 aliphatic carbocycles. The van der Waals surface area contributed by atoms with Gasteiger partial charge in [-0.05, 0) is 67.0 Å². The Hall–Kier alpha value is -2.76. The van der Waals surface area contributed by atoms with Crippen molar-refractivity contribution in [2.75, 3.05) is 0 Å². The van der Waals surface area contributed by atoms with Crippen LogP contribution in [-0.2, 0) is 17.5 Å². The van der Waals surface area contributed by atoms with E-state index in [1.807, 2.05) is 43.3 Å². The molecule has 3 nitrogen and oxygen atoms in total. The number of carbonyl (C=O) groups excluding carboxylic acids is 1. The molecule has 1 fully saturated rings. The summed E-state index contributed by atoms with van der Waals surface area (Å²) < 4.78 is 45.1. The van der Waals surface area contributed by atoms with Crippen molar-refractivity contribution in [2.24, 2.45) is 0 Å². The summed E-state index contributed by atoms with van der Waals surface area (Å²) in [5.74, 6) is 0. The summed E-state index contributed by atoms with van der Waals surface area (Å²) in [6, 6.07) is 13.2. The van der Waals surface area contributed by atoms with E-state index in [9.17, 15) is 18.0 Å². The number of benzene rings is 2. The molecule has 2 aliphatic rings. The summed E-state index contributed by atoms with van der Waals surface area (Å²) in [4.78, 5) is 14.6. The molecule has 2 bridgehead atoms. The van der Waals surface area contributed by atoms with Gasteiger partial charge in [-0.1, -0.05) is 42.5 Å². The van der Waals surface area contributed by atoms with E-state index in [1.165, 1.54) is 12.1 Å². The van der Waals surface area contributed by atoms with Gasteiger partial charge in [-0.15, -0.1) is 0 Å². The molecule has 1 saturated heterocycles. The van der Waals surface area contributed by atoms with E-state index in [0.717, 1.165) is 42.0 Å². The molecule has 0 aromatic heterocycles. The molecule has 2 atom stereocenters.